The fourth-order valence-electron chi connectivity index (χ4n) is 2.14. The van der Waals surface area contributed by atoms with Crippen LogP contribution < -0.4 is 14.8 Å². The molecule has 1 atom stereocenters. The van der Waals surface area contributed by atoms with Gasteiger partial charge in [-0.15, -0.1) is 0 Å². The molecular weight excluding hydrogens is 292 g/mol. The summed E-state index contributed by atoms with van der Waals surface area (Å²) in [6.45, 7) is 4.61. The van der Waals surface area contributed by atoms with E-state index in [2.05, 4.69) is 17.2 Å². The summed E-state index contributed by atoms with van der Waals surface area (Å²) in [7, 11) is 1.61. The second-order valence-corrected chi connectivity index (χ2v) is 5.17. The van der Waals surface area contributed by atoms with Gasteiger partial charge in [0, 0.05) is 6.20 Å². The summed E-state index contributed by atoms with van der Waals surface area (Å²) in [6.07, 6.45) is 2.53. The molecule has 0 fully saturated rings. The van der Waals surface area contributed by atoms with E-state index in [0.717, 1.165) is 12.0 Å². The fraction of sp³-hybridized carbons (Fsp3) is 0.333. The van der Waals surface area contributed by atoms with Gasteiger partial charge in [0.25, 0.3) is 5.91 Å². The highest BCUT2D eigenvalue weighted by molar-refractivity contribution is 5.92. The van der Waals surface area contributed by atoms with Crippen LogP contribution in [0.1, 0.15) is 42.4 Å². The largest absolute Gasteiger partial charge is 0.493 e. The maximum absolute atomic E-state index is 12.2. The number of carbonyl (C=O) groups is 1. The SMILES string of the molecule is CCCOc1ccc(C(C)NC(=O)c2ccccn2)cc1OC. The molecular formula is C18H22N2O3. The Kier molecular flexibility index (Phi) is 5.97. The first-order chi connectivity index (χ1) is 11.2. The standard InChI is InChI=1S/C18H22N2O3/c1-4-11-23-16-9-8-14(12-17(16)22-3)13(2)20-18(21)15-7-5-6-10-19-15/h5-10,12-13H,4,11H2,1-3H3,(H,20,21). The number of hydrogen-bond donors (Lipinski definition) is 1. The minimum Gasteiger partial charge on any atom is -0.493 e. The first kappa shape index (κ1) is 16.8. The second kappa shape index (κ2) is 8.17. The van der Waals surface area contributed by atoms with Crippen LogP contribution in [-0.4, -0.2) is 24.6 Å². The van der Waals surface area contributed by atoms with E-state index in [1.807, 2.05) is 25.1 Å². The molecule has 0 bridgehead atoms. The van der Waals surface area contributed by atoms with Crippen LogP contribution in [0.3, 0.4) is 0 Å². The summed E-state index contributed by atoms with van der Waals surface area (Å²) in [4.78, 5) is 16.2. The van der Waals surface area contributed by atoms with Crippen molar-refractivity contribution in [1.82, 2.24) is 10.3 Å². The first-order valence-electron chi connectivity index (χ1n) is 7.68. The monoisotopic (exact) mass is 314 g/mol. The summed E-state index contributed by atoms with van der Waals surface area (Å²) < 4.78 is 11.0. The molecule has 0 radical (unpaired) electrons. The lowest BCUT2D eigenvalue weighted by molar-refractivity contribution is 0.0935. The number of methoxy groups -OCH3 is 1. The van der Waals surface area contributed by atoms with Gasteiger partial charge in [0.2, 0.25) is 0 Å². The molecule has 1 heterocycles. The molecule has 0 spiro atoms. The van der Waals surface area contributed by atoms with Crippen LogP contribution >= 0.6 is 0 Å². The van der Waals surface area contributed by atoms with Crippen molar-refractivity contribution < 1.29 is 14.3 Å². The number of aromatic nitrogens is 1. The molecule has 0 saturated carbocycles. The van der Waals surface area contributed by atoms with Crippen molar-refractivity contribution in [2.24, 2.45) is 0 Å². The van der Waals surface area contributed by atoms with Gasteiger partial charge >= 0.3 is 0 Å². The van der Waals surface area contributed by atoms with Crippen molar-refractivity contribution in [2.45, 2.75) is 26.3 Å². The van der Waals surface area contributed by atoms with Crippen molar-refractivity contribution in [3.8, 4) is 11.5 Å². The van der Waals surface area contributed by atoms with Crippen LogP contribution in [0.5, 0.6) is 11.5 Å². The average molecular weight is 314 g/mol. The molecule has 0 aliphatic rings. The van der Waals surface area contributed by atoms with Crippen molar-refractivity contribution in [2.75, 3.05) is 13.7 Å². The minimum atomic E-state index is -0.205. The molecule has 0 aliphatic heterocycles. The lowest BCUT2D eigenvalue weighted by Gasteiger charge is -2.17. The van der Waals surface area contributed by atoms with E-state index < -0.39 is 0 Å². The number of pyridine rings is 1. The highest BCUT2D eigenvalue weighted by atomic mass is 16.5. The van der Waals surface area contributed by atoms with Gasteiger partial charge in [0.05, 0.1) is 19.8 Å². The lowest BCUT2D eigenvalue weighted by atomic mass is 10.1. The van der Waals surface area contributed by atoms with Gasteiger partial charge in [-0.1, -0.05) is 19.1 Å². The topological polar surface area (TPSA) is 60.5 Å². The zero-order valence-electron chi connectivity index (χ0n) is 13.7. The van der Waals surface area contributed by atoms with Gasteiger partial charge in [-0.25, -0.2) is 0 Å². The number of nitrogens with zero attached hydrogens (tertiary/aromatic N) is 1. The summed E-state index contributed by atoms with van der Waals surface area (Å²) in [6, 6.07) is 10.8. The van der Waals surface area contributed by atoms with E-state index >= 15 is 0 Å². The molecule has 1 aromatic carbocycles. The summed E-state index contributed by atoms with van der Waals surface area (Å²) >= 11 is 0. The molecule has 2 aromatic rings. The predicted octanol–water partition coefficient (Wildman–Crippen LogP) is 3.37. The Balaban J connectivity index is 2.10. The van der Waals surface area contributed by atoms with Crippen molar-refractivity contribution >= 4 is 5.91 Å². The smallest absolute Gasteiger partial charge is 0.270 e. The zero-order chi connectivity index (χ0) is 16.7. The maximum atomic E-state index is 12.2. The van der Waals surface area contributed by atoms with Crippen molar-refractivity contribution in [3.63, 3.8) is 0 Å². The van der Waals surface area contributed by atoms with Crippen LogP contribution in [0.15, 0.2) is 42.6 Å². The molecule has 1 N–H and O–H groups in total. The number of carbonyl (C=O) groups excluding carboxylic acids is 1. The molecule has 1 amide bonds. The zero-order valence-corrected chi connectivity index (χ0v) is 13.7. The van der Waals surface area contributed by atoms with E-state index in [-0.39, 0.29) is 11.9 Å². The molecule has 122 valence electrons. The van der Waals surface area contributed by atoms with Gasteiger partial charge < -0.3 is 14.8 Å². The summed E-state index contributed by atoms with van der Waals surface area (Å²) in [5.41, 5.74) is 1.34. The Hall–Kier alpha value is -2.56. The summed E-state index contributed by atoms with van der Waals surface area (Å²) in [5, 5.41) is 2.93. The van der Waals surface area contributed by atoms with Gasteiger partial charge in [-0.05, 0) is 43.2 Å². The fourth-order valence-corrected chi connectivity index (χ4v) is 2.14. The van der Waals surface area contributed by atoms with Gasteiger partial charge in [-0.3, -0.25) is 9.78 Å². The molecule has 1 unspecified atom stereocenters. The molecule has 5 heteroatoms. The number of ether oxygens (including phenoxy) is 2. The van der Waals surface area contributed by atoms with Crippen molar-refractivity contribution in [1.29, 1.82) is 0 Å². The third-order valence-corrected chi connectivity index (χ3v) is 3.39. The van der Waals surface area contributed by atoms with Crippen LogP contribution in [0.2, 0.25) is 0 Å². The highest BCUT2D eigenvalue weighted by Crippen LogP contribution is 2.30. The number of nitrogens with one attached hydrogen (secondary N) is 1. The molecule has 23 heavy (non-hydrogen) atoms. The molecule has 1 aromatic heterocycles. The third-order valence-electron chi connectivity index (χ3n) is 3.39. The van der Waals surface area contributed by atoms with Crippen LogP contribution in [0, 0.1) is 0 Å². The minimum absolute atomic E-state index is 0.168. The quantitative estimate of drug-likeness (QED) is 0.851. The first-order valence-corrected chi connectivity index (χ1v) is 7.68. The predicted molar refractivity (Wildman–Crippen MR) is 88.9 cm³/mol. The Bertz CT molecular complexity index is 644. The van der Waals surface area contributed by atoms with E-state index in [1.54, 1.807) is 31.5 Å². The molecule has 0 saturated heterocycles. The maximum Gasteiger partial charge on any atom is 0.270 e. The summed E-state index contributed by atoms with van der Waals surface area (Å²) in [5.74, 6) is 1.17. The number of rotatable bonds is 7. The van der Waals surface area contributed by atoms with Crippen LogP contribution in [0.4, 0.5) is 0 Å². The van der Waals surface area contributed by atoms with Crippen LogP contribution in [0.25, 0.3) is 0 Å². The van der Waals surface area contributed by atoms with E-state index in [0.29, 0.717) is 23.8 Å². The second-order valence-electron chi connectivity index (χ2n) is 5.17. The molecule has 5 nitrogen and oxygen atoms in total. The lowest BCUT2D eigenvalue weighted by Crippen LogP contribution is -2.27. The van der Waals surface area contributed by atoms with Gasteiger partial charge in [0.1, 0.15) is 5.69 Å². The molecule has 2 rings (SSSR count). The average Bonchev–Trinajstić information content (AvgIpc) is 2.60. The Morgan fingerprint density at radius 1 is 1.26 bits per heavy atom. The number of hydrogen-bond acceptors (Lipinski definition) is 4. The van der Waals surface area contributed by atoms with Crippen LogP contribution in [-0.2, 0) is 0 Å². The Morgan fingerprint density at radius 2 is 2.09 bits per heavy atom. The Labute approximate surface area is 136 Å². The van der Waals surface area contributed by atoms with Crippen molar-refractivity contribution in [3.05, 3.63) is 53.9 Å². The third kappa shape index (κ3) is 4.45. The van der Waals surface area contributed by atoms with E-state index in [4.69, 9.17) is 9.47 Å². The van der Waals surface area contributed by atoms with Gasteiger partial charge in [-0.2, -0.15) is 0 Å². The Morgan fingerprint density at radius 3 is 2.74 bits per heavy atom. The number of benzene rings is 1. The molecule has 0 aliphatic carbocycles. The van der Waals surface area contributed by atoms with Gasteiger partial charge in [0.15, 0.2) is 11.5 Å². The van der Waals surface area contributed by atoms with E-state index in [1.165, 1.54) is 0 Å². The van der Waals surface area contributed by atoms with E-state index in [9.17, 15) is 4.79 Å². The normalized spacial score (nSPS) is 11.6. The highest BCUT2D eigenvalue weighted by Gasteiger charge is 2.14. The number of amides is 1.